The average Bonchev–Trinajstić information content (AvgIpc) is 2.26. The molecule has 1 saturated carbocycles. The van der Waals surface area contributed by atoms with Gasteiger partial charge in [-0.1, -0.05) is 6.92 Å². The molecule has 4 N–H and O–H groups in total. The summed E-state index contributed by atoms with van der Waals surface area (Å²) < 4.78 is 0. The number of carbonyl (C=O) groups is 2. The number of amides is 2. The third-order valence-corrected chi connectivity index (χ3v) is 4.09. The summed E-state index contributed by atoms with van der Waals surface area (Å²) in [7, 11) is 4.17. The third kappa shape index (κ3) is 5.46. The SMILES string of the molecule is CN(C)CC1(C)CCC(N(CC(N)=O)CC(N)=O)CC1. The zero-order valence-corrected chi connectivity index (χ0v) is 12.9. The number of rotatable bonds is 7. The molecular weight excluding hydrogens is 256 g/mol. The fourth-order valence-electron chi connectivity index (χ4n) is 3.30. The van der Waals surface area contributed by atoms with Crippen LogP contribution in [0.15, 0.2) is 0 Å². The Morgan fingerprint density at radius 1 is 1.10 bits per heavy atom. The molecule has 0 aliphatic heterocycles. The van der Waals surface area contributed by atoms with Gasteiger partial charge in [-0.2, -0.15) is 0 Å². The molecule has 0 bridgehead atoms. The van der Waals surface area contributed by atoms with E-state index in [1.54, 1.807) is 0 Å². The zero-order chi connectivity index (χ0) is 15.3. The maximum absolute atomic E-state index is 11.1. The van der Waals surface area contributed by atoms with Crippen LogP contribution < -0.4 is 11.5 Å². The van der Waals surface area contributed by atoms with Gasteiger partial charge in [-0.3, -0.25) is 14.5 Å². The van der Waals surface area contributed by atoms with E-state index in [1.165, 1.54) is 0 Å². The van der Waals surface area contributed by atoms with Gasteiger partial charge in [0, 0.05) is 12.6 Å². The van der Waals surface area contributed by atoms with Crippen LogP contribution in [-0.2, 0) is 9.59 Å². The van der Waals surface area contributed by atoms with E-state index in [-0.39, 0.29) is 19.1 Å². The van der Waals surface area contributed by atoms with Crippen LogP contribution in [0.25, 0.3) is 0 Å². The van der Waals surface area contributed by atoms with E-state index in [4.69, 9.17) is 11.5 Å². The summed E-state index contributed by atoms with van der Waals surface area (Å²) in [5.41, 5.74) is 10.8. The Kier molecular flexibility index (Phi) is 5.95. The lowest BCUT2D eigenvalue weighted by molar-refractivity contribution is -0.123. The van der Waals surface area contributed by atoms with Crippen molar-refractivity contribution in [2.75, 3.05) is 33.7 Å². The molecule has 0 aromatic carbocycles. The Balaban J connectivity index is 2.59. The van der Waals surface area contributed by atoms with Gasteiger partial charge in [0.1, 0.15) is 0 Å². The summed E-state index contributed by atoms with van der Waals surface area (Å²) in [4.78, 5) is 26.3. The number of hydrogen-bond donors (Lipinski definition) is 2. The van der Waals surface area contributed by atoms with Gasteiger partial charge in [-0.05, 0) is 45.2 Å². The lowest BCUT2D eigenvalue weighted by Crippen LogP contribution is -2.48. The van der Waals surface area contributed by atoms with E-state index in [1.807, 2.05) is 4.90 Å². The van der Waals surface area contributed by atoms with Crippen molar-refractivity contribution < 1.29 is 9.59 Å². The molecule has 0 radical (unpaired) electrons. The maximum atomic E-state index is 11.1. The molecule has 0 heterocycles. The van der Waals surface area contributed by atoms with Crippen LogP contribution in [0, 0.1) is 5.41 Å². The minimum Gasteiger partial charge on any atom is -0.369 e. The molecule has 116 valence electrons. The smallest absolute Gasteiger partial charge is 0.231 e. The molecule has 0 atom stereocenters. The normalized spacial score (nSPS) is 26.9. The fraction of sp³-hybridized carbons (Fsp3) is 0.857. The van der Waals surface area contributed by atoms with Crippen LogP contribution in [0.4, 0.5) is 0 Å². The molecule has 0 unspecified atom stereocenters. The van der Waals surface area contributed by atoms with E-state index in [0.717, 1.165) is 32.2 Å². The Morgan fingerprint density at radius 3 is 1.90 bits per heavy atom. The molecule has 0 saturated heterocycles. The molecule has 0 aromatic heterocycles. The Bertz CT molecular complexity index is 333. The van der Waals surface area contributed by atoms with E-state index in [9.17, 15) is 9.59 Å². The summed E-state index contributed by atoms with van der Waals surface area (Å²) in [6.07, 6.45) is 4.13. The molecule has 6 heteroatoms. The van der Waals surface area contributed by atoms with Crippen molar-refractivity contribution in [3.8, 4) is 0 Å². The zero-order valence-electron chi connectivity index (χ0n) is 12.9. The third-order valence-electron chi connectivity index (χ3n) is 4.09. The molecular formula is C14H28N4O2. The van der Waals surface area contributed by atoms with Gasteiger partial charge in [0.15, 0.2) is 0 Å². The van der Waals surface area contributed by atoms with E-state index < -0.39 is 11.8 Å². The molecule has 6 nitrogen and oxygen atoms in total. The summed E-state index contributed by atoms with van der Waals surface area (Å²) in [5, 5.41) is 0. The first kappa shape index (κ1) is 16.9. The van der Waals surface area contributed by atoms with Gasteiger partial charge in [0.2, 0.25) is 11.8 Å². The van der Waals surface area contributed by atoms with Crippen molar-refractivity contribution in [3.63, 3.8) is 0 Å². The first-order valence-electron chi connectivity index (χ1n) is 7.17. The number of carbonyl (C=O) groups excluding carboxylic acids is 2. The molecule has 0 aromatic rings. The van der Waals surface area contributed by atoms with Crippen molar-refractivity contribution in [3.05, 3.63) is 0 Å². The summed E-state index contributed by atoms with van der Waals surface area (Å²) in [6, 6.07) is 0.227. The average molecular weight is 284 g/mol. The van der Waals surface area contributed by atoms with Gasteiger partial charge in [-0.15, -0.1) is 0 Å². The highest BCUT2D eigenvalue weighted by molar-refractivity contribution is 5.79. The quantitative estimate of drug-likeness (QED) is 0.675. The molecule has 0 spiro atoms. The van der Waals surface area contributed by atoms with Crippen LogP contribution in [0.1, 0.15) is 32.6 Å². The second-order valence-corrected chi connectivity index (χ2v) is 6.62. The summed E-state index contributed by atoms with van der Waals surface area (Å²) >= 11 is 0. The highest BCUT2D eigenvalue weighted by atomic mass is 16.2. The molecule has 1 aliphatic rings. The van der Waals surface area contributed by atoms with Crippen molar-refractivity contribution in [2.45, 2.75) is 38.6 Å². The Labute approximate surface area is 121 Å². The lowest BCUT2D eigenvalue weighted by Gasteiger charge is -2.42. The van der Waals surface area contributed by atoms with E-state index >= 15 is 0 Å². The van der Waals surface area contributed by atoms with Crippen molar-refractivity contribution in [1.82, 2.24) is 9.80 Å². The van der Waals surface area contributed by atoms with Crippen molar-refractivity contribution in [2.24, 2.45) is 16.9 Å². The fourth-order valence-corrected chi connectivity index (χ4v) is 3.30. The van der Waals surface area contributed by atoms with Crippen LogP contribution in [0.3, 0.4) is 0 Å². The van der Waals surface area contributed by atoms with Crippen LogP contribution in [0.2, 0.25) is 0 Å². The first-order valence-corrected chi connectivity index (χ1v) is 7.17. The van der Waals surface area contributed by atoms with Gasteiger partial charge in [0.05, 0.1) is 13.1 Å². The number of nitrogens with zero attached hydrogens (tertiary/aromatic N) is 2. The maximum Gasteiger partial charge on any atom is 0.231 e. The van der Waals surface area contributed by atoms with Crippen LogP contribution >= 0.6 is 0 Å². The predicted molar refractivity (Wildman–Crippen MR) is 78.9 cm³/mol. The number of hydrogen-bond acceptors (Lipinski definition) is 4. The van der Waals surface area contributed by atoms with Crippen LogP contribution in [-0.4, -0.2) is 61.4 Å². The minimum absolute atomic E-state index is 0.109. The Hall–Kier alpha value is -1.14. The summed E-state index contributed by atoms with van der Waals surface area (Å²) in [6.45, 7) is 3.58. The monoisotopic (exact) mass is 284 g/mol. The molecule has 1 aliphatic carbocycles. The second-order valence-electron chi connectivity index (χ2n) is 6.62. The van der Waals surface area contributed by atoms with E-state index in [0.29, 0.717) is 5.41 Å². The summed E-state index contributed by atoms with van der Waals surface area (Å²) in [5.74, 6) is -0.819. The van der Waals surface area contributed by atoms with Gasteiger partial charge in [-0.25, -0.2) is 0 Å². The molecule has 1 rings (SSSR count). The predicted octanol–water partition coefficient (Wildman–Crippen LogP) is -0.230. The van der Waals surface area contributed by atoms with Gasteiger partial charge < -0.3 is 16.4 Å². The number of primary amides is 2. The standard InChI is InChI=1S/C14H28N4O2/c1-14(10-17(2)3)6-4-11(5-7-14)18(8-12(15)19)9-13(16)20/h11H,4-10H2,1-3H3,(H2,15,19)(H2,16,20). The Morgan fingerprint density at radius 2 is 1.55 bits per heavy atom. The van der Waals surface area contributed by atoms with E-state index in [2.05, 4.69) is 25.9 Å². The van der Waals surface area contributed by atoms with Crippen molar-refractivity contribution >= 4 is 11.8 Å². The molecule has 1 fully saturated rings. The first-order chi connectivity index (χ1) is 9.22. The highest BCUT2D eigenvalue weighted by Gasteiger charge is 2.34. The molecule has 20 heavy (non-hydrogen) atoms. The molecule has 2 amide bonds. The lowest BCUT2D eigenvalue weighted by atomic mass is 9.73. The second kappa shape index (κ2) is 7.04. The highest BCUT2D eigenvalue weighted by Crippen LogP contribution is 2.37. The van der Waals surface area contributed by atoms with Crippen molar-refractivity contribution in [1.29, 1.82) is 0 Å². The van der Waals surface area contributed by atoms with Crippen LogP contribution in [0.5, 0.6) is 0 Å². The topological polar surface area (TPSA) is 92.7 Å². The largest absolute Gasteiger partial charge is 0.369 e. The van der Waals surface area contributed by atoms with Gasteiger partial charge in [0.25, 0.3) is 0 Å². The van der Waals surface area contributed by atoms with Gasteiger partial charge >= 0.3 is 0 Å². The number of nitrogens with two attached hydrogens (primary N) is 2. The minimum atomic E-state index is -0.409.